The van der Waals surface area contributed by atoms with Crippen molar-refractivity contribution in [3.63, 3.8) is 0 Å². The molecule has 1 atom stereocenters. The number of unbranched alkanes of at least 4 members (excludes halogenated alkanes) is 4. The first kappa shape index (κ1) is 30.6. The van der Waals surface area contributed by atoms with Gasteiger partial charge in [0.25, 0.3) is 5.91 Å². The molecular weight excluding hydrogens is 478 g/mol. The number of nitrogens with zero attached hydrogens (tertiary/aromatic N) is 1. The van der Waals surface area contributed by atoms with Gasteiger partial charge in [0.2, 0.25) is 5.91 Å². The quantitative estimate of drug-likeness (QED) is 0.289. The lowest BCUT2D eigenvalue weighted by molar-refractivity contribution is -0.138. The highest BCUT2D eigenvalue weighted by Gasteiger charge is 2.32. The van der Waals surface area contributed by atoms with Gasteiger partial charge in [0.15, 0.2) is 0 Å². The van der Waals surface area contributed by atoms with Crippen LogP contribution in [0.2, 0.25) is 0 Å². The van der Waals surface area contributed by atoms with E-state index in [0.717, 1.165) is 43.2 Å². The molecule has 0 radical (unpaired) electrons. The lowest BCUT2D eigenvalue weighted by atomic mass is 10.00. The summed E-state index contributed by atoms with van der Waals surface area (Å²) < 4.78 is 5.30. The summed E-state index contributed by atoms with van der Waals surface area (Å²) in [7, 11) is 0. The van der Waals surface area contributed by atoms with Crippen LogP contribution in [0.25, 0.3) is 6.08 Å². The first-order chi connectivity index (χ1) is 18.1. The number of para-hydroxylation sites is 1. The second kappa shape index (κ2) is 15.0. The summed E-state index contributed by atoms with van der Waals surface area (Å²) in [6.45, 7) is 13.3. The molecule has 0 aliphatic heterocycles. The molecule has 38 heavy (non-hydrogen) atoms. The maximum atomic E-state index is 13.8. The van der Waals surface area contributed by atoms with Gasteiger partial charge in [-0.25, -0.2) is 4.79 Å². The van der Waals surface area contributed by atoms with Crippen molar-refractivity contribution in [2.45, 2.75) is 78.4 Å². The number of ether oxygens (including phenoxy) is 1. The molecule has 7 nitrogen and oxygen atoms in total. The van der Waals surface area contributed by atoms with Gasteiger partial charge in [-0.3, -0.25) is 9.59 Å². The van der Waals surface area contributed by atoms with E-state index in [2.05, 4.69) is 24.1 Å². The summed E-state index contributed by atoms with van der Waals surface area (Å²) in [6.07, 6.45) is 6.00. The Kier molecular flexibility index (Phi) is 12.1. The Morgan fingerprint density at radius 1 is 1.03 bits per heavy atom. The molecule has 7 heteroatoms. The average molecular weight is 522 g/mol. The first-order valence-corrected chi connectivity index (χ1v) is 13.4. The van der Waals surface area contributed by atoms with E-state index in [4.69, 9.17) is 4.74 Å². The molecule has 2 aromatic carbocycles. The maximum absolute atomic E-state index is 13.8. The van der Waals surface area contributed by atoms with Crippen molar-refractivity contribution in [3.8, 4) is 0 Å². The molecule has 206 valence electrons. The molecule has 0 heterocycles. The Bertz CT molecular complexity index is 1090. The number of alkyl carbamates (subject to hydrolysis) is 1. The minimum Gasteiger partial charge on any atom is -0.444 e. The number of benzene rings is 2. The van der Waals surface area contributed by atoms with Crippen molar-refractivity contribution >= 4 is 29.7 Å². The molecule has 0 saturated carbocycles. The van der Waals surface area contributed by atoms with Crippen molar-refractivity contribution in [3.05, 3.63) is 71.8 Å². The van der Waals surface area contributed by atoms with Crippen molar-refractivity contribution in [2.24, 2.45) is 0 Å². The molecule has 2 rings (SSSR count). The molecule has 0 spiro atoms. The van der Waals surface area contributed by atoms with Crippen LogP contribution in [-0.4, -0.2) is 41.5 Å². The van der Waals surface area contributed by atoms with Gasteiger partial charge in [0.05, 0.1) is 0 Å². The number of anilines is 1. The number of hydrogen-bond acceptors (Lipinski definition) is 4. The van der Waals surface area contributed by atoms with Crippen molar-refractivity contribution in [1.29, 1.82) is 0 Å². The van der Waals surface area contributed by atoms with Crippen LogP contribution in [0.5, 0.6) is 0 Å². The fourth-order valence-electron chi connectivity index (χ4n) is 4.09. The van der Waals surface area contributed by atoms with Crippen LogP contribution in [0.4, 0.5) is 10.5 Å². The van der Waals surface area contributed by atoms with E-state index in [0.29, 0.717) is 17.8 Å². The Morgan fingerprint density at radius 3 is 2.39 bits per heavy atom. The minimum atomic E-state index is -0.895. The molecular formula is C31H43N3O4. The highest BCUT2D eigenvalue weighted by molar-refractivity contribution is 5.99. The highest BCUT2D eigenvalue weighted by atomic mass is 16.6. The van der Waals surface area contributed by atoms with E-state index in [1.54, 1.807) is 31.7 Å². The molecule has 0 aromatic heterocycles. The van der Waals surface area contributed by atoms with E-state index in [1.807, 2.05) is 55.5 Å². The van der Waals surface area contributed by atoms with Crippen LogP contribution in [0.15, 0.2) is 55.1 Å². The monoisotopic (exact) mass is 521 g/mol. The normalized spacial score (nSPS) is 11.8. The molecule has 2 aromatic rings. The van der Waals surface area contributed by atoms with E-state index in [9.17, 15) is 14.4 Å². The Morgan fingerprint density at radius 2 is 1.74 bits per heavy atom. The van der Waals surface area contributed by atoms with E-state index in [-0.39, 0.29) is 18.4 Å². The molecule has 0 bridgehead atoms. The fraction of sp³-hybridized carbons (Fsp3) is 0.452. The molecule has 0 aliphatic rings. The standard InChI is InChI=1S/C31H43N3O4/c1-7-9-10-11-14-20-34(27(35)22-32-30(37)38-31(4,5)6)28(25-18-15-17-24(8-2)21-25)29(36)33-26-19-13-12-16-23(26)3/h8,12-13,15-19,21,28H,2,7,9-11,14,20,22H2,1,3-6H3,(H,32,37)(H,33,36). The van der Waals surface area contributed by atoms with Crippen LogP contribution >= 0.6 is 0 Å². The number of aryl methyl sites for hydroxylation is 1. The van der Waals surface area contributed by atoms with Gasteiger partial charge < -0.3 is 20.3 Å². The molecule has 0 aliphatic carbocycles. The van der Waals surface area contributed by atoms with E-state index < -0.39 is 17.7 Å². The third-order valence-corrected chi connectivity index (χ3v) is 6.03. The number of carbonyl (C=O) groups excluding carboxylic acids is 3. The zero-order valence-electron chi connectivity index (χ0n) is 23.5. The fourth-order valence-corrected chi connectivity index (χ4v) is 4.09. The van der Waals surface area contributed by atoms with Gasteiger partial charge in [-0.05, 0) is 62.9 Å². The van der Waals surface area contributed by atoms with Gasteiger partial charge in [0, 0.05) is 12.2 Å². The number of rotatable bonds is 13. The van der Waals surface area contributed by atoms with Gasteiger partial charge in [-0.15, -0.1) is 0 Å². The molecule has 0 fully saturated rings. The topological polar surface area (TPSA) is 87.7 Å². The van der Waals surface area contributed by atoms with Crippen molar-refractivity contribution in [1.82, 2.24) is 10.2 Å². The minimum absolute atomic E-state index is 0.279. The maximum Gasteiger partial charge on any atom is 0.408 e. The Balaban J connectivity index is 2.39. The third-order valence-electron chi connectivity index (χ3n) is 6.03. The second-order valence-electron chi connectivity index (χ2n) is 10.4. The third kappa shape index (κ3) is 10.0. The van der Waals surface area contributed by atoms with Crippen molar-refractivity contribution < 1.29 is 19.1 Å². The van der Waals surface area contributed by atoms with Crippen LogP contribution in [0.3, 0.4) is 0 Å². The number of hydrogen-bond donors (Lipinski definition) is 2. The zero-order chi connectivity index (χ0) is 28.1. The number of carbonyl (C=O) groups is 3. The average Bonchev–Trinajstić information content (AvgIpc) is 2.86. The van der Waals surface area contributed by atoms with E-state index in [1.165, 1.54) is 0 Å². The second-order valence-corrected chi connectivity index (χ2v) is 10.4. The van der Waals surface area contributed by atoms with E-state index >= 15 is 0 Å². The van der Waals surface area contributed by atoms with Gasteiger partial charge in [0.1, 0.15) is 18.2 Å². The van der Waals surface area contributed by atoms with Crippen LogP contribution in [0, 0.1) is 6.92 Å². The molecule has 0 saturated heterocycles. The summed E-state index contributed by atoms with van der Waals surface area (Å²) in [4.78, 5) is 41.2. The van der Waals surface area contributed by atoms with Gasteiger partial charge in [-0.2, -0.15) is 0 Å². The highest BCUT2D eigenvalue weighted by Crippen LogP contribution is 2.26. The Hall–Kier alpha value is -3.61. The molecule has 3 amide bonds. The lowest BCUT2D eigenvalue weighted by Gasteiger charge is -2.32. The zero-order valence-corrected chi connectivity index (χ0v) is 23.5. The predicted octanol–water partition coefficient (Wildman–Crippen LogP) is 6.64. The summed E-state index contributed by atoms with van der Waals surface area (Å²) in [5, 5.41) is 5.57. The van der Waals surface area contributed by atoms with Crippen LogP contribution in [0.1, 0.15) is 82.5 Å². The largest absolute Gasteiger partial charge is 0.444 e. The molecule has 2 N–H and O–H groups in total. The lowest BCUT2D eigenvalue weighted by Crippen LogP contribution is -2.47. The van der Waals surface area contributed by atoms with Crippen LogP contribution in [-0.2, 0) is 14.3 Å². The first-order valence-electron chi connectivity index (χ1n) is 13.4. The summed E-state index contributed by atoms with van der Waals surface area (Å²) in [5.74, 6) is -0.681. The van der Waals surface area contributed by atoms with Crippen LogP contribution < -0.4 is 10.6 Å². The SMILES string of the molecule is C=Cc1cccc(C(C(=O)Nc2ccccc2C)N(CCCCCCC)C(=O)CNC(=O)OC(C)(C)C)c1. The summed E-state index contributed by atoms with van der Waals surface area (Å²) in [6, 6.07) is 14.1. The smallest absolute Gasteiger partial charge is 0.408 e. The summed E-state index contributed by atoms with van der Waals surface area (Å²) >= 11 is 0. The number of amides is 3. The molecule has 1 unspecified atom stereocenters. The summed E-state index contributed by atoms with van der Waals surface area (Å²) in [5.41, 5.74) is 2.44. The Labute approximate surface area is 227 Å². The van der Waals surface area contributed by atoms with Crippen molar-refractivity contribution in [2.75, 3.05) is 18.4 Å². The van der Waals surface area contributed by atoms with Gasteiger partial charge >= 0.3 is 6.09 Å². The van der Waals surface area contributed by atoms with Gasteiger partial charge in [-0.1, -0.05) is 81.7 Å². The predicted molar refractivity (Wildman–Crippen MR) is 154 cm³/mol. The number of nitrogens with one attached hydrogen (secondary N) is 2.